The second-order valence-electron chi connectivity index (χ2n) is 6.69. The van der Waals surface area contributed by atoms with Crippen molar-refractivity contribution in [3.8, 4) is 0 Å². The summed E-state index contributed by atoms with van der Waals surface area (Å²) in [5.41, 5.74) is 3.46. The quantitative estimate of drug-likeness (QED) is 0.389. The lowest BCUT2D eigenvalue weighted by Gasteiger charge is -2.09. The minimum Gasteiger partial charge on any atom is -0.350 e. The molecule has 0 spiro atoms. The molecule has 0 atom stereocenters. The summed E-state index contributed by atoms with van der Waals surface area (Å²) in [6.45, 7) is 0.376. The van der Waals surface area contributed by atoms with Gasteiger partial charge in [-0.15, -0.1) is 0 Å². The van der Waals surface area contributed by atoms with Gasteiger partial charge in [-0.05, 0) is 24.5 Å². The molecule has 1 aliphatic carbocycles. The van der Waals surface area contributed by atoms with Gasteiger partial charge in [0.05, 0.1) is 23.1 Å². The Morgan fingerprint density at radius 1 is 1.25 bits per heavy atom. The average Bonchev–Trinajstić information content (AvgIpc) is 3.24. The Kier molecular flexibility index (Phi) is 4.09. The van der Waals surface area contributed by atoms with E-state index in [0.29, 0.717) is 28.8 Å². The second kappa shape index (κ2) is 6.75. The summed E-state index contributed by atoms with van der Waals surface area (Å²) in [7, 11) is 0. The standard InChI is InChI=1S/C18H16ClFN8/c19-15-10(3-4-12-16(15)24-8-23-12)6-21-18-22-7-11(20)17(26-18)25-14-5-13(27-28-14)9-1-2-9/h3-5,7-9H,1-2,6H2,(H,23,24)(H3,21,22,25,26,27,28). The van der Waals surface area contributed by atoms with E-state index in [9.17, 15) is 4.39 Å². The first-order chi connectivity index (χ1) is 13.7. The molecule has 1 aromatic carbocycles. The van der Waals surface area contributed by atoms with Crippen molar-refractivity contribution in [1.82, 2.24) is 30.1 Å². The summed E-state index contributed by atoms with van der Waals surface area (Å²) in [6.07, 6.45) is 5.03. The van der Waals surface area contributed by atoms with Crippen LogP contribution in [0.5, 0.6) is 0 Å². The van der Waals surface area contributed by atoms with Gasteiger partial charge in [-0.25, -0.2) is 14.4 Å². The SMILES string of the molecule is Fc1cnc(NCc2ccc3[nH]cnc3c2Cl)nc1Nc1cc(C2CC2)[nH]n1. The molecule has 0 amide bonds. The van der Waals surface area contributed by atoms with Crippen molar-refractivity contribution in [2.45, 2.75) is 25.3 Å². The van der Waals surface area contributed by atoms with Crippen LogP contribution >= 0.6 is 11.6 Å². The van der Waals surface area contributed by atoms with Crippen molar-refractivity contribution in [2.75, 3.05) is 10.6 Å². The van der Waals surface area contributed by atoms with E-state index in [0.717, 1.165) is 35.8 Å². The number of hydrogen-bond donors (Lipinski definition) is 4. The maximum atomic E-state index is 14.1. The van der Waals surface area contributed by atoms with E-state index < -0.39 is 5.82 Å². The average molecular weight is 399 g/mol. The molecule has 3 heterocycles. The highest BCUT2D eigenvalue weighted by Crippen LogP contribution is 2.39. The maximum Gasteiger partial charge on any atom is 0.225 e. The van der Waals surface area contributed by atoms with Gasteiger partial charge in [-0.3, -0.25) is 5.10 Å². The lowest BCUT2D eigenvalue weighted by atomic mass is 10.2. The Balaban J connectivity index is 1.32. The van der Waals surface area contributed by atoms with Crippen LogP contribution in [0.4, 0.5) is 22.0 Å². The van der Waals surface area contributed by atoms with Gasteiger partial charge in [0.1, 0.15) is 5.52 Å². The highest BCUT2D eigenvalue weighted by Gasteiger charge is 2.25. The molecule has 1 fully saturated rings. The van der Waals surface area contributed by atoms with Gasteiger partial charge >= 0.3 is 0 Å². The van der Waals surface area contributed by atoms with Gasteiger partial charge in [0.15, 0.2) is 17.5 Å². The number of aromatic amines is 2. The molecule has 8 nitrogen and oxygen atoms in total. The minimum atomic E-state index is -0.558. The zero-order valence-corrected chi connectivity index (χ0v) is 15.4. The van der Waals surface area contributed by atoms with Crippen LogP contribution in [-0.4, -0.2) is 30.1 Å². The molecule has 0 saturated heterocycles. The molecular formula is C18H16ClFN8. The number of aromatic nitrogens is 6. The van der Waals surface area contributed by atoms with Crippen LogP contribution in [0, 0.1) is 5.82 Å². The number of hydrogen-bond acceptors (Lipinski definition) is 6. The van der Waals surface area contributed by atoms with Crippen LogP contribution in [0.3, 0.4) is 0 Å². The van der Waals surface area contributed by atoms with Gasteiger partial charge in [-0.2, -0.15) is 10.1 Å². The summed E-state index contributed by atoms with van der Waals surface area (Å²) in [6, 6.07) is 5.67. The number of anilines is 3. The molecule has 0 unspecified atom stereocenters. The van der Waals surface area contributed by atoms with Crippen molar-refractivity contribution in [1.29, 1.82) is 0 Å². The first kappa shape index (κ1) is 16.9. The van der Waals surface area contributed by atoms with E-state index in [4.69, 9.17) is 11.6 Å². The van der Waals surface area contributed by atoms with Crippen LogP contribution in [0.1, 0.15) is 30.0 Å². The third-order valence-electron chi connectivity index (χ3n) is 4.65. The second-order valence-corrected chi connectivity index (χ2v) is 7.07. The minimum absolute atomic E-state index is 0.0557. The van der Waals surface area contributed by atoms with E-state index in [1.54, 1.807) is 6.33 Å². The molecule has 4 aromatic rings. The van der Waals surface area contributed by atoms with Gasteiger partial charge in [0.25, 0.3) is 0 Å². The number of H-pyrrole nitrogens is 2. The summed E-state index contributed by atoms with van der Waals surface area (Å²) in [5.74, 6) is 0.836. The van der Waals surface area contributed by atoms with E-state index in [1.807, 2.05) is 18.2 Å². The lowest BCUT2D eigenvalue weighted by Crippen LogP contribution is -2.07. The number of nitrogens with zero attached hydrogens (tertiary/aromatic N) is 4. The molecular weight excluding hydrogens is 383 g/mol. The highest BCUT2D eigenvalue weighted by atomic mass is 35.5. The van der Waals surface area contributed by atoms with Gasteiger partial charge in [-0.1, -0.05) is 17.7 Å². The number of benzene rings is 1. The Hall–Kier alpha value is -3.20. The smallest absolute Gasteiger partial charge is 0.225 e. The van der Waals surface area contributed by atoms with Crippen LogP contribution in [0.2, 0.25) is 5.02 Å². The van der Waals surface area contributed by atoms with E-state index in [2.05, 4.69) is 40.8 Å². The van der Waals surface area contributed by atoms with Crippen molar-refractivity contribution in [3.63, 3.8) is 0 Å². The Morgan fingerprint density at radius 2 is 2.14 bits per heavy atom. The van der Waals surface area contributed by atoms with E-state index >= 15 is 0 Å². The number of halogens is 2. The van der Waals surface area contributed by atoms with Gasteiger partial charge < -0.3 is 15.6 Å². The zero-order chi connectivity index (χ0) is 19.1. The molecule has 142 valence electrons. The third-order valence-corrected chi connectivity index (χ3v) is 5.07. The number of imidazole rings is 1. The van der Waals surface area contributed by atoms with Crippen LogP contribution in [0.25, 0.3) is 11.0 Å². The fraction of sp³-hybridized carbons (Fsp3) is 0.222. The van der Waals surface area contributed by atoms with Crippen LogP contribution in [0.15, 0.2) is 30.7 Å². The van der Waals surface area contributed by atoms with Crippen molar-refractivity contribution in [3.05, 3.63) is 52.8 Å². The Morgan fingerprint density at radius 3 is 3.00 bits per heavy atom. The Labute approximate surface area is 164 Å². The fourth-order valence-electron chi connectivity index (χ4n) is 2.99. The normalized spacial score (nSPS) is 13.8. The maximum absolute atomic E-state index is 14.1. The third kappa shape index (κ3) is 3.24. The van der Waals surface area contributed by atoms with Gasteiger partial charge in [0.2, 0.25) is 5.95 Å². The van der Waals surface area contributed by atoms with E-state index in [1.165, 1.54) is 0 Å². The zero-order valence-electron chi connectivity index (χ0n) is 14.6. The molecule has 0 aliphatic heterocycles. The predicted molar refractivity (Wildman–Crippen MR) is 104 cm³/mol. The van der Waals surface area contributed by atoms with Crippen molar-refractivity contribution < 1.29 is 4.39 Å². The molecule has 5 rings (SSSR count). The molecule has 3 aromatic heterocycles. The molecule has 10 heteroatoms. The number of rotatable bonds is 6. The van der Waals surface area contributed by atoms with Gasteiger partial charge in [0, 0.05) is 24.2 Å². The monoisotopic (exact) mass is 398 g/mol. The first-order valence-electron chi connectivity index (χ1n) is 8.86. The molecule has 1 saturated carbocycles. The van der Waals surface area contributed by atoms with Crippen LogP contribution < -0.4 is 10.6 Å². The van der Waals surface area contributed by atoms with Crippen LogP contribution in [-0.2, 0) is 6.54 Å². The molecule has 0 radical (unpaired) electrons. The summed E-state index contributed by atoms with van der Waals surface area (Å²) >= 11 is 6.40. The Bertz CT molecular complexity index is 1150. The number of fused-ring (bicyclic) bond motifs is 1. The predicted octanol–water partition coefficient (Wildman–Crippen LogP) is 4.10. The lowest BCUT2D eigenvalue weighted by molar-refractivity contribution is 0.619. The fourth-order valence-corrected chi connectivity index (χ4v) is 3.27. The molecule has 28 heavy (non-hydrogen) atoms. The molecule has 0 bridgehead atoms. The van der Waals surface area contributed by atoms with Crippen molar-refractivity contribution >= 4 is 40.2 Å². The topological polar surface area (TPSA) is 107 Å². The number of nitrogens with one attached hydrogen (secondary N) is 4. The highest BCUT2D eigenvalue weighted by molar-refractivity contribution is 6.35. The largest absolute Gasteiger partial charge is 0.350 e. The van der Waals surface area contributed by atoms with Crippen molar-refractivity contribution in [2.24, 2.45) is 0 Å². The summed E-state index contributed by atoms with van der Waals surface area (Å²) in [5, 5.41) is 13.6. The summed E-state index contributed by atoms with van der Waals surface area (Å²) in [4.78, 5) is 15.4. The summed E-state index contributed by atoms with van der Waals surface area (Å²) < 4.78 is 14.1. The molecule has 1 aliphatic rings. The van der Waals surface area contributed by atoms with E-state index in [-0.39, 0.29) is 11.8 Å². The molecule has 4 N–H and O–H groups in total. The first-order valence-corrected chi connectivity index (χ1v) is 9.24.